The van der Waals surface area contributed by atoms with Gasteiger partial charge in [0.15, 0.2) is 12.2 Å². The van der Waals surface area contributed by atoms with Crippen molar-refractivity contribution in [2.24, 2.45) is 17.8 Å². The summed E-state index contributed by atoms with van der Waals surface area (Å²) in [6.07, 6.45) is 51.6. The Morgan fingerprint density at radius 1 is 0.287 bits per heavy atom. The minimum Gasteiger partial charge on any atom is -0.462 e. The van der Waals surface area contributed by atoms with Crippen molar-refractivity contribution in [2.75, 3.05) is 39.6 Å². The van der Waals surface area contributed by atoms with E-state index in [0.29, 0.717) is 31.6 Å². The highest BCUT2D eigenvalue weighted by molar-refractivity contribution is 7.47. The Labute approximate surface area is 575 Å². The summed E-state index contributed by atoms with van der Waals surface area (Å²) in [4.78, 5) is 72.7. The average Bonchev–Trinajstić information content (AvgIpc) is 2.01. The van der Waals surface area contributed by atoms with Crippen LogP contribution < -0.4 is 0 Å². The molecule has 2 unspecified atom stereocenters. The van der Waals surface area contributed by atoms with Crippen LogP contribution in [0.3, 0.4) is 0 Å². The monoisotopic (exact) mass is 1380 g/mol. The Morgan fingerprint density at radius 2 is 0.489 bits per heavy atom. The number of carbonyl (C=O) groups excluding carboxylic acids is 4. The van der Waals surface area contributed by atoms with Crippen molar-refractivity contribution in [1.82, 2.24) is 0 Å². The van der Waals surface area contributed by atoms with Crippen molar-refractivity contribution in [3.05, 3.63) is 0 Å². The van der Waals surface area contributed by atoms with Gasteiger partial charge in [0, 0.05) is 25.7 Å². The molecule has 0 aliphatic carbocycles. The Kier molecular flexibility index (Phi) is 64.3. The molecule has 0 saturated carbocycles. The number of phosphoric ester groups is 2. The number of rotatable bonds is 73. The second-order valence-electron chi connectivity index (χ2n) is 28.5. The Balaban J connectivity index is 5.22. The van der Waals surface area contributed by atoms with Crippen LogP contribution in [0.2, 0.25) is 0 Å². The van der Waals surface area contributed by atoms with Gasteiger partial charge in [0.2, 0.25) is 0 Å². The molecule has 0 spiro atoms. The minimum absolute atomic E-state index is 0.104. The van der Waals surface area contributed by atoms with Gasteiger partial charge in [-0.3, -0.25) is 37.3 Å². The summed E-state index contributed by atoms with van der Waals surface area (Å²) < 4.78 is 68.4. The molecule has 0 aromatic carbocycles. The molecule has 0 aliphatic heterocycles. The number of hydrogen-bond acceptors (Lipinski definition) is 15. The van der Waals surface area contributed by atoms with Crippen LogP contribution in [0.1, 0.15) is 382 Å². The summed E-state index contributed by atoms with van der Waals surface area (Å²) in [5, 5.41) is 10.6. The summed E-state index contributed by atoms with van der Waals surface area (Å²) >= 11 is 0. The summed E-state index contributed by atoms with van der Waals surface area (Å²) in [5.74, 6) is 0.0646. The third-order valence-electron chi connectivity index (χ3n) is 17.4. The fourth-order valence-corrected chi connectivity index (χ4v) is 13.0. The number of aliphatic hydroxyl groups is 1. The first-order chi connectivity index (χ1) is 45.2. The average molecular weight is 1380 g/mol. The molecule has 0 radical (unpaired) electrons. The maximum atomic E-state index is 13.1. The third kappa shape index (κ3) is 68.6. The van der Waals surface area contributed by atoms with Crippen molar-refractivity contribution in [3.63, 3.8) is 0 Å². The lowest BCUT2D eigenvalue weighted by Crippen LogP contribution is -2.30. The standard InChI is InChI=1S/C75H146O17P2/c1-8-9-10-11-12-13-14-15-16-17-18-19-20-21-24-30-35-44-51-58-74(79)91-70(62-85-72(77)56-49-42-34-29-25-22-23-27-32-39-46-53-66(2)3)64-89-93(81,82)87-60-69(76)61-88-94(83,84)90-65-71(63-86-73(78)57-50-43-38-37-41-48-55-68(6)7)92-75(80)59-52-45-36-31-26-28-33-40-47-54-67(4)5/h66-71,76H,8-65H2,1-7H3,(H,81,82)(H,83,84)/t69-,70-,71-/m1/s1. The fraction of sp³-hybridized carbons (Fsp3) is 0.947. The number of carbonyl (C=O) groups is 4. The van der Waals surface area contributed by atoms with Crippen molar-refractivity contribution >= 4 is 39.5 Å². The molecule has 0 heterocycles. The quantitative estimate of drug-likeness (QED) is 0.0222. The highest BCUT2D eigenvalue weighted by Gasteiger charge is 2.30. The molecule has 0 fully saturated rings. The van der Waals surface area contributed by atoms with Gasteiger partial charge in [0.25, 0.3) is 0 Å². The van der Waals surface area contributed by atoms with E-state index in [-0.39, 0.29) is 25.7 Å². The van der Waals surface area contributed by atoms with Crippen LogP contribution in [0.4, 0.5) is 0 Å². The van der Waals surface area contributed by atoms with Crippen LogP contribution in [0.25, 0.3) is 0 Å². The maximum Gasteiger partial charge on any atom is 0.472 e. The SMILES string of the molecule is CCCCCCCCCCCCCCCCCCCCCC(=O)O[C@H](COC(=O)CCCCCCCCCCCCCC(C)C)COP(=O)(O)OC[C@@H](O)COP(=O)(O)OC[C@@H](COC(=O)CCCCCCCCC(C)C)OC(=O)CCCCCCCCCCCC(C)C. The normalized spacial score (nSPS) is 14.1. The zero-order valence-corrected chi connectivity index (χ0v) is 63.2. The lowest BCUT2D eigenvalue weighted by Gasteiger charge is -2.21. The zero-order valence-electron chi connectivity index (χ0n) is 61.4. The highest BCUT2D eigenvalue weighted by atomic mass is 31.2. The highest BCUT2D eigenvalue weighted by Crippen LogP contribution is 2.45. The predicted octanol–water partition coefficient (Wildman–Crippen LogP) is 21.8. The molecule has 0 rings (SSSR count). The molecule has 5 atom stereocenters. The molecule has 0 aromatic heterocycles. The predicted molar refractivity (Wildman–Crippen MR) is 381 cm³/mol. The molecule has 94 heavy (non-hydrogen) atoms. The van der Waals surface area contributed by atoms with E-state index in [1.165, 1.54) is 186 Å². The molecular weight excluding hydrogens is 1230 g/mol. The number of esters is 4. The van der Waals surface area contributed by atoms with E-state index in [0.717, 1.165) is 108 Å². The van der Waals surface area contributed by atoms with E-state index in [2.05, 4.69) is 48.5 Å². The Morgan fingerprint density at radius 3 is 0.723 bits per heavy atom. The van der Waals surface area contributed by atoms with E-state index in [4.69, 9.17) is 37.0 Å². The summed E-state index contributed by atoms with van der Waals surface area (Å²) in [6, 6.07) is 0. The lowest BCUT2D eigenvalue weighted by atomic mass is 10.0. The molecule has 558 valence electrons. The Bertz CT molecular complexity index is 1840. The molecule has 0 aromatic rings. The minimum atomic E-state index is -4.96. The van der Waals surface area contributed by atoms with Gasteiger partial charge in [-0.05, 0) is 43.4 Å². The van der Waals surface area contributed by atoms with Gasteiger partial charge in [-0.2, -0.15) is 0 Å². The number of aliphatic hydroxyl groups excluding tert-OH is 1. The summed E-state index contributed by atoms with van der Waals surface area (Å²) in [7, 11) is -9.91. The van der Waals surface area contributed by atoms with Gasteiger partial charge in [-0.25, -0.2) is 9.13 Å². The van der Waals surface area contributed by atoms with Gasteiger partial charge in [-0.15, -0.1) is 0 Å². The van der Waals surface area contributed by atoms with Crippen molar-refractivity contribution in [2.45, 2.75) is 401 Å². The summed E-state index contributed by atoms with van der Waals surface area (Å²) in [5.41, 5.74) is 0. The number of ether oxygens (including phenoxy) is 4. The fourth-order valence-electron chi connectivity index (χ4n) is 11.4. The molecule has 0 amide bonds. The van der Waals surface area contributed by atoms with Crippen LogP contribution in [-0.4, -0.2) is 96.7 Å². The van der Waals surface area contributed by atoms with Gasteiger partial charge >= 0.3 is 39.5 Å². The van der Waals surface area contributed by atoms with Gasteiger partial charge in [0.1, 0.15) is 19.3 Å². The first kappa shape index (κ1) is 92.1. The largest absolute Gasteiger partial charge is 0.472 e. The van der Waals surface area contributed by atoms with Crippen LogP contribution in [0.5, 0.6) is 0 Å². The Hall–Kier alpha value is -1.94. The molecule has 17 nitrogen and oxygen atoms in total. The van der Waals surface area contributed by atoms with Gasteiger partial charge in [-0.1, -0.05) is 331 Å². The molecule has 3 N–H and O–H groups in total. The van der Waals surface area contributed by atoms with Crippen molar-refractivity contribution < 1.29 is 80.2 Å². The molecule has 0 saturated heterocycles. The van der Waals surface area contributed by atoms with Crippen molar-refractivity contribution in [3.8, 4) is 0 Å². The van der Waals surface area contributed by atoms with Crippen molar-refractivity contribution in [1.29, 1.82) is 0 Å². The van der Waals surface area contributed by atoms with Gasteiger partial charge in [0.05, 0.1) is 26.4 Å². The first-order valence-electron chi connectivity index (χ1n) is 38.8. The van der Waals surface area contributed by atoms with Crippen LogP contribution in [-0.2, 0) is 65.4 Å². The maximum absolute atomic E-state index is 13.1. The van der Waals surface area contributed by atoms with E-state index in [9.17, 15) is 43.2 Å². The van der Waals surface area contributed by atoms with E-state index in [1.807, 2.05) is 0 Å². The first-order valence-corrected chi connectivity index (χ1v) is 41.8. The lowest BCUT2D eigenvalue weighted by molar-refractivity contribution is -0.161. The third-order valence-corrected chi connectivity index (χ3v) is 19.3. The zero-order chi connectivity index (χ0) is 69.4. The topological polar surface area (TPSA) is 237 Å². The molecular formula is C75H146O17P2. The molecule has 0 aliphatic rings. The van der Waals surface area contributed by atoms with Gasteiger partial charge < -0.3 is 33.8 Å². The second-order valence-corrected chi connectivity index (χ2v) is 31.4. The molecule has 0 bridgehead atoms. The van der Waals surface area contributed by atoms with E-state index >= 15 is 0 Å². The van der Waals surface area contributed by atoms with E-state index < -0.39 is 97.5 Å². The number of hydrogen-bond donors (Lipinski definition) is 3. The van der Waals surface area contributed by atoms with Crippen LogP contribution >= 0.6 is 15.6 Å². The molecule has 19 heteroatoms. The van der Waals surface area contributed by atoms with Crippen LogP contribution in [0, 0.1) is 17.8 Å². The van der Waals surface area contributed by atoms with Crippen LogP contribution in [0.15, 0.2) is 0 Å². The summed E-state index contributed by atoms with van der Waals surface area (Å²) in [6.45, 7) is 11.8. The van der Waals surface area contributed by atoms with E-state index in [1.54, 1.807) is 0 Å². The number of phosphoric acid groups is 2. The number of unbranched alkanes of at least 4 members (excludes halogenated alkanes) is 41. The smallest absolute Gasteiger partial charge is 0.462 e. The second kappa shape index (κ2) is 65.7.